The van der Waals surface area contributed by atoms with E-state index in [1.54, 1.807) is 13.0 Å². The van der Waals surface area contributed by atoms with Crippen LogP contribution in [0.5, 0.6) is 11.5 Å². The largest absolute Gasteiger partial charge is 0.504 e. The van der Waals surface area contributed by atoms with E-state index in [1.807, 2.05) is 19.9 Å². The second-order valence-electron chi connectivity index (χ2n) is 4.71. The first-order valence-corrected chi connectivity index (χ1v) is 5.17. The Bertz CT molecular complexity index is 464. The standard InChI is InChI=1S/C12H15NO3/c1-7(13-15)8-4-9-6-12(2,3)16-11(9)10(14)5-8/h4-5,14-15H,6H2,1-3H3/b13-7+. The molecule has 2 N–H and O–H groups in total. The van der Waals surface area contributed by atoms with Crippen LogP contribution in [-0.4, -0.2) is 21.6 Å². The van der Waals surface area contributed by atoms with Gasteiger partial charge >= 0.3 is 0 Å². The number of aromatic hydroxyl groups is 1. The second-order valence-corrected chi connectivity index (χ2v) is 4.71. The first kappa shape index (κ1) is 10.8. The van der Waals surface area contributed by atoms with Crippen molar-refractivity contribution in [3.05, 3.63) is 23.3 Å². The van der Waals surface area contributed by atoms with Crippen molar-refractivity contribution in [2.45, 2.75) is 32.8 Å². The molecule has 1 aliphatic rings. The van der Waals surface area contributed by atoms with E-state index in [9.17, 15) is 5.11 Å². The number of hydrogen-bond donors (Lipinski definition) is 2. The number of oxime groups is 1. The molecule has 0 radical (unpaired) electrons. The summed E-state index contributed by atoms with van der Waals surface area (Å²) >= 11 is 0. The SMILES string of the molecule is C/C(=N\O)c1cc(O)c2c(c1)CC(C)(C)O2. The summed E-state index contributed by atoms with van der Waals surface area (Å²) in [6, 6.07) is 3.44. The summed E-state index contributed by atoms with van der Waals surface area (Å²) < 4.78 is 5.64. The van der Waals surface area contributed by atoms with Crippen LogP contribution in [0.15, 0.2) is 17.3 Å². The summed E-state index contributed by atoms with van der Waals surface area (Å²) in [7, 11) is 0. The first-order chi connectivity index (χ1) is 7.43. The van der Waals surface area contributed by atoms with Crippen LogP contribution in [0, 0.1) is 0 Å². The van der Waals surface area contributed by atoms with Crippen molar-refractivity contribution in [1.82, 2.24) is 0 Å². The van der Waals surface area contributed by atoms with Gasteiger partial charge in [-0.1, -0.05) is 5.16 Å². The fourth-order valence-corrected chi connectivity index (χ4v) is 1.96. The molecule has 0 bridgehead atoms. The summed E-state index contributed by atoms with van der Waals surface area (Å²) in [5, 5.41) is 21.7. The maximum atomic E-state index is 9.83. The molecule has 86 valence electrons. The minimum Gasteiger partial charge on any atom is -0.504 e. The fraction of sp³-hybridized carbons (Fsp3) is 0.417. The van der Waals surface area contributed by atoms with E-state index in [4.69, 9.17) is 9.94 Å². The van der Waals surface area contributed by atoms with E-state index in [2.05, 4.69) is 5.16 Å². The maximum absolute atomic E-state index is 9.83. The molecule has 4 heteroatoms. The molecule has 2 rings (SSSR count). The second kappa shape index (κ2) is 3.40. The maximum Gasteiger partial charge on any atom is 0.165 e. The minimum atomic E-state index is -0.289. The van der Waals surface area contributed by atoms with Crippen molar-refractivity contribution in [3.8, 4) is 11.5 Å². The van der Waals surface area contributed by atoms with Crippen LogP contribution in [0.3, 0.4) is 0 Å². The predicted molar refractivity (Wildman–Crippen MR) is 60.5 cm³/mol. The van der Waals surface area contributed by atoms with E-state index in [1.165, 1.54) is 0 Å². The van der Waals surface area contributed by atoms with E-state index in [-0.39, 0.29) is 11.4 Å². The van der Waals surface area contributed by atoms with Crippen LogP contribution < -0.4 is 4.74 Å². The molecule has 0 saturated heterocycles. The Labute approximate surface area is 94.2 Å². The van der Waals surface area contributed by atoms with Crippen molar-refractivity contribution in [2.24, 2.45) is 5.16 Å². The Morgan fingerprint density at radius 3 is 2.75 bits per heavy atom. The highest BCUT2D eigenvalue weighted by Gasteiger charge is 2.32. The zero-order valence-electron chi connectivity index (χ0n) is 9.61. The Balaban J connectivity index is 2.50. The Morgan fingerprint density at radius 2 is 2.12 bits per heavy atom. The number of phenols is 1. The van der Waals surface area contributed by atoms with Crippen molar-refractivity contribution in [2.75, 3.05) is 0 Å². The summed E-state index contributed by atoms with van der Waals surface area (Å²) in [6.07, 6.45) is 0.739. The number of nitrogens with zero attached hydrogens (tertiary/aromatic N) is 1. The lowest BCUT2D eigenvalue weighted by Gasteiger charge is -2.17. The van der Waals surface area contributed by atoms with Gasteiger partial charge < -0.3 is 15.1 Å². The van der Waals surface area contributed by atoms with Crippen LogP contribution in [0.2, 0.25) is 0 Å². The van der Waals surface area contributed by atoms with Crippen molar-refractivity contribution in [1.29, 1.82) is 0 Å². The average Bonchev–Trinajstić information content (AvgIpc) is 2.52. The van der Waals surface area contributed by atoms with E-state index >= 15 is 0 Å². The number of phenolic OH excluding ortho intramolecular Hbond substituents is 1. The Kier molecular flexibility index (Phi) is 2.30. The fourth-order valence-electron chi connectivity index (χ4n) is 1.96. The van der Waals surface area contributed by atoms with Gasteiger partial charge in [0.25, 0.3) is 0 Å². The minimum absolute atomic E-state index is 0.0982. The van der Waals surface area contributed by atoms with Gasteiger partial charge in [0.15, 0.2) is 11.5 Å². The summed E-state index contributed by atoms with van der Waals surface area (Å²) in [5.74, 6) is 0.639. The summed E-state index contributed by atoms with van der Waals surface area (Å²) in [4.78, 5) is 0. The number of rotatable bonds is 1. The lowest BCUT2D eigenvalue weighted by atomic mass is 9.99. The van der Waals surface area contributed by atoms with E-state index in [0.717, 1.165) is 12.0 Å². The van der Waals surface area contributed by atoms with E-state index < -0.39 is 0 Å². The van der Waals surface area contributed by atoms with Gasteiger partial charge in [0.05, 0.1) is 5.71 Å². The molecular formula is C12H15NO3. The highest BCUT2D eigenvalue weighted by Crippen LogP contribution is 2.42. The Hall–Kier alpha value is -1.71. The van der Waals surface area contributed by atoms with E-state index in [0.29, 0.717) is 17.0 Å². The molecule has 0 atom stereocenters. The zero-order chi connectivity index (χ0) is 11.9. The number of hydrogen-bond acceptors (Lipinski definition) is 4. The molecule has 1 aromatic rings. The lowest BCUT2D eigenvalue weighted by Crippen LogP contribution is -2.24. The van der Waals surface area contributed by atoms with Gasteiger partial charge in [0.2, 0.25) is 0 Å². The van der Waals surface area contributed by atoms with Gasteiger partial charge in [-0.05, 0) is 32.9 Å². The molecule has 0 saturated carbocycles. The van der Waals surface area contributed by atoms with Crippen molar-refractivity contribution >= 4 is 5.71 Å². The molecule has 1 aliphatic heterocycles. The highest BCUT2D eigenvalue weighted by atomic mass is 16.5. The third-order valence-electron chi connectivity index (χ3n) is 2.71. The molecular weight excluding hydrogens is 206 g/mol. The van der Waals surface area contributed by atoms with Crippen LogP contribution in [0.4, 0.5) is 0 Å². The van der Waals surface area contributed by atoms with Gasteiger partial charge in [-0.3, -0.25) is 0 Å². The summed E-state index contributed by atoms with van der Waals surface area (Å²) in [5.41, 5.74) is 1.84. The van der Waals surface area contributed by atoms with Gasteiger partial charge in [0, 0.05) is 17.5 Å². The Morgan fingerprint density at radius 1 is 1.44 bits per heavy atom. The smallest absolute Gasteiger partial charge is 0.165 e. The van der Waals surface area contributed by atoms with Crippen molar-refractivity contribution < 1.29 is 15.1 Å². The highest BCUT2D eigenvalue weighted by molar-refractivity contribution is 5.99. The van der Waals surface area contributed by atoms with Crippen molar-refractivity contribution in [3.63, 3.8) is 0 Å². The molecule has 0 fully saturated rings. The van der Waals surface area contributed by atoms with Crippen LogP contribution in [0.25, 0.3) is 0 Å². The molecule has 0 aliphatic carbocycles. The van der Waals surface area contributed by atoms with Gasteiger partial charge in [-0.15, -0.1) is 0 Å². The number of fused-ring (bicyclic) bond motifs is 1. The molecule has 1 heterocycles. The first-order valence-electron chi connectivity index (χ1n) is 5.17. The van der Waals surface area contributed by atoms with Crippen LogP contribution in [0.1, 0.15) is 31.9 Å². The molecule has 0 spiro atoms. The third kappa shape index (κ3) is 1.71. The third-order valence-corrected chi connectivity index (χ3v) is 2.71. The zero-order valence-corrected chi connectivity index (χ0v) is 9.61. The molecule has 0 amide bonds. The normalized spacial score (nSPS) is 18.1. The number of benzene rings is 1. The molecule has 0 aromatic heterocycles. The average molecular weight is 221 g/mol. The van der Waals surface area contributed by atoms with Gasteiger partial charge in [0.1, 0.15) is 5.60 Å². The molecule has 4 nitrogen and oxygen atoms in total. The monoisotopic (exact) mass is 221 g/mol. The van der Waals surface area contributed by atoms with Crippen LogP contribution in [-0.2, 0) is 6.42 Å². The molecule has 0 unspecified atom stereocenters. The van der Waals surface area contributed by atoms with Gasteiger partial charge in [-0.25, -0.2) is 0 Å². The lowest BCUT2D eigenvalue weighted by molar-refractivity contribution is 0.134. The van der Waals surface area contributed by atoms with Crippen LogP contribution >= 0.6 is 0 Å². The topological polar surface area (TPSA) is 62.1 Å². The van der Waals surface area contributed by atoms with Gasteiger partial charge in [-0.2, -0.15) is 0 Å². The number of ether oxygens (including phenoxy) is 1. The predicted octanol–water partition coefficient (Wildman–Crippen LogP) is 2.30. The molecule has 1 aromatic carbocycles. The summed E-state index contributed by atoms with van der Waals surface area (Å²) in [6.45, 7) is 5.63. The molecule has 16 heavy (non-hydrogen) atoms. The quantitative estimate of drug-likeness (QED) is 0.434.